The Morgan fingerprint density at radius 1 is 0.978 bits per heavy atom. The van der Waals surface area contributed by atoms with Gasteiger partial charge < -0.3 is 35.0 Å². The number of unbranched alkanes of at least 4 members (excludes halogenated alkanes) is 1. The molecule has 12 nitrogen and oxygen atoms in total. The molecule has 1 aliphatic heterocycles. The molecule has 2 aromatic rings. The van der Waals surface area contributed by atoms with Gasteiger partial charge in [0.05, 0.1) is 28.1 Å². The molecule has 0 saturated heterocycles. The highest BCUT2D eigenvalue weighted by molar-refractivity contribution is 6.01. The first-order chi connectivity index (χ1) is 22.0. The van der Waals surface area contributed by atoms with E-state index in [1.54, 1.807) is 18.7 Å². The van der Waals surface area contributed by atoms with Gasteiger partial charge in [0, 0.05) is 42.2 Å². The number of carbonyl (C=O) groups is 2. The van der Waals surface area contributed by atoms with Crippen LogP contribution in [0.2, 0.25) is 0 Å². The summed E-state index contributed by atoms with van der Waals surface area (Å²) in [4.78, 5) is 39.0. The average molecular weight is 640 g/mol. The minimum absolute atomic E-state index is 0.0860. The number of para-hydroxylation sites is 1. The summed E-state index contributed by atoms with van der Waals surface area (Å²) in [7, 11) is 0. The maximum Gasteiger partial charge on any atom is 0.334 e. The molecule has 1 atom stereocenters. The zero-order valence-electron chi connectivity index (χ0n) is 27.0. The standard InChI is InChI=1S/C34H45N3O9/c1-5-16-34(30(32(39)40)23(3)36(18-6-2)24(4)31(34)33(41)42)28-20-25(37(43)44)14-15-29(28)45-19-11-10-17-35-21-26(38)22-46-27-12-8-7-9-13-27/h7-9,12-15,20,26,35,38H,5-6,10-11,16-19,21-22H2,1-4H3,(H,39,40)(H,41,42). The zero-order chi connectivity index (χ0) is 33.9. The predicted molar refractivity (Wildman–Crippen MR) is 173 cm³/mol. The predicted octanol–water partition coefficient (Wildman–Crippen LogP) is 5.26. The summed E-state index contributed by atoms with van der Waals surface area (Å²) in [5, 5.41) is 46.5. The Balaban J connectivity index is 1.84. The molecule has 0 radical (unpaired) electrons. The molecule has 3 rings (SSSR count). The van der Waals surface area contributed by atoms with Gasteiger partial charge in [-0.25, -0.2) is 9.59 Å². The minimum atomic E-state index is -1.70. The van der Waals surface area contributed by atoms with Crippen LogP contribution in [-0.2, 0) is 15.0 Å². The van der Waals surface area contributed by atoms with E-state index in [1.165, 1.54) is 18.2 Å². The van der Waals surface area contributed by atoms with Gasteiger partial charge in [-0.3, -0.25) is 10.1 Å². The van der Waals surface area contributed by atoms with Gasteiger partial charge in [-0.2, -0.15) is 0 Å². The highest BCUT2D eigenvalue weighted by Crippen LogP contribution is 2.53. The number of carboxylic acid groups (broad SMARTS) is 2. The van der Waals surface area contributed by atoms with Crippen LogP contribution in [-0.4, -0.2) is 76.0 Å². The van der Waals surface area contributed by atoms with Crippen molar-refractivity contribution in [1.82, 2.24) is 10.2 Å². The number of allylic oxidation sites excluding steroid dienone is 2. The van der Waals surface area contributed by atoms with Gasteiger partial charge in [-0.15, -0.1) is 0 Å². The topological polar surface area (TPSA) is 172 Å². The van der Waals surface area contributed by atoms with Gasteiger partial charge in [-0.05, 0) is 64.3 Å². The van der Waals surface area contributed by atoms with Crippen LogP contribution in [0.3, 0.4) is 0 Å². The molecule has 12 heteroatoms. The summed E-state index contributed by atoms with van der Waals surface area (Å²) in [6.45, 7) is 8.73. The first kappa shape index (κ1) is 36.1. The SMILES string of the molecule is CCCN1C(C)=C(C(=O)O)C(CCC)(c2cc([N+](=O)[O-])ccc2OCCCCNCC(O)COc2ccccc2)C(C(=O)O)=C1C. The third-order valence-electron chi connectivity index (χ3n) is 8.09. The molecule has 1 aliphatic rings. The smallest absolute Gasteiger partial charge is 0.334 e. The Morgan fingerprint density at radius 2 is 1.63 bits per heavy atom. The van der Waals surface area contributed by atoms with E-state index in [0.29, 0.717) is 62.5 Å². The number of hydrogen-bond acceptors (Lipinski definition) is 9. The van der Waals surface area contributed by atoms with Gasteiger partial charge in [0.2, 0.25) is 0 Å². The monoisotopic (exact) mass is 639 g/mol. The lowest BCUT2D eigenvalue weighted by Gasteiger charge is -2.45. The van der Waals surface area contributed by atoms with E-state index in [2.05, 4.69) is 5.32 Å². The number of nitro groups is 1. The second-order valence-corrected chi connectivity index (χ2v) is 11.3. The number of carboxylic acids is 2. The largest absolute Gasteiger partial charge is 0.493 e. The molecule has 4 N–H and O–H groups in total. The van der Waals surface area contributed by atoms with Crippen LogP contribution >= 0.6 is 0 Å². The molecule has 46 heavy (non-hydrogen) atoms. The number of hydrogen-bond donors (Lipinski definition) is 4. The van der Waals surface area contributed by atoms with Crippen LogP contribution in [0.15, 0.2) is 71.1 Å². The van der Waals surface area contributed by atoms with Crippen LogP contribution in [0.4, 0.5) is 5.69 Å². The number of rotatable bonds is 19. The van der Waals surface area contributed by atoms with Crippen LogP contribution in [0, 0.1) is 10.1 Å². The normalized spacial score (nSPS) is 15.1. The summed E-state index contributed by atoms with van der Waals surface area (Å²) >= 11 is 0. The van der Waals surface area contributed by atoms with Crippen molar-refractivity contribution in [3.63, 3.8) is 0 Å². The van der Waals surface area contributed by atoms with Crippen molar-refractivity contribution in [2.45, 2.75) is 71.3 Å². The fraction of sp³-hybridized carbons (Fsp3) is 0.471. The second kappa shape index (κ2) is 16.8. The maximum atomic E-state index is 13.0. The molecule has 1 heterocycles. The number of benzene rings is 2. The lowest BCUT2D eigenvalue weighted by Crippen LogP contribution is -2.46. The quantitative estimate of drug-likeness (QED) is 0.0897. The van der Waals surface area contributed by atoms with Crippen LogP contribution < -0.4 is 14.8 Å². The van der Waals surface area contributed by atoms with Gasteiger partial charge in [0.15, 0.2) is 0 Å². The lowest BCUT2D eigenvalue weighted by atomic mass is 9.62. The molecule has 0 fully saturated rings. The Labute approximate surface area is 269 Å². The third-order valence-corrected chi connectivity index (χ3v) is 8.09. The number of aliphatic hydroxyl groups excluding tert-OH is 1. The molecule has 0 spiro atoms. The fourth-order valence-corrected chi connectivity index (χ4v) is 6.19. The molecule has 1 unspecified atom stereocenters. The van der Waals surface area contributed by atoms with E-state index in [1.807, 2.05) is 44.2 Å². The van der Waals surface area contributed by atoms with Crippen molar-refractivity contribution in [1.29, 1.82) is 0 Å². The molecular weight excluding hydrogens is 594 g/mol. The van der Waals surface area contributed by atoms with Crippen molar-refractivity contribution in [2.24, 2.45) is 0 Å². The molecule has 2 aromatic carbocycles. The molecular formula is C34H45N3O9. The maximum absolute atomic E-state index is 13.0. The molecule has 0 bridgehead atoms. The molecule has 0 aromatic heterocycles. The first-order valence-electron chi connectivity index (χ1n) is 15.6. The van der Waals surface area contributed by atoms with E-state index in [0.717, 1.165) is 0 Å². The Bertz CT molecular complexity index is 1400. The first-order valence-corrected chi connectivity index (χ1v) is 15.6. The van der Waals surface area contributed by atoms with Gasteiger partial charge in [0.1, 0.15) is 24.2 Å². The number of nitrogens with zero attached hydrogens (tertiary/aromatic N) is 2. The Kier molecular flexibility index (Phi) is 13.1. The number of non-ortho nitro benzene ring substituents is 1. The number of aliphatic carboxylic acids is 2. The second-order valence-electron chi connectivity index (χ2n) is 11.3. The van der Waals surface area contributed by atoms with Gasteiger partial charge in [-0.1, -0.05) is 38.5 Å². The number of ether oxygens (including phenoxy) is 2. The van der Waals surface area contributed by atoms with Crippen LogP contribution in [0.25, 0.3) is 0 Å². The number of nitro benzene ring substituents is 1. The third kappa shape index (κ3) is 8.24. The van der Waals surface area contributed by atoms with E-state index < -0.39 is 28.4 Å². The lowest BCUT2D eigenvalue weighted by molar-refractivity contribution is -0.385. The number of aliphatic hydroxyl groups is 1. The van der Waals surface area contributed by atoms with Crippen LogP contribution in [0.5, 0.6) is 11.5 Å². The highest BCUT2D eigenvalue weighted by Gasteiger charge is 2.53. The summed E-state index contributed by atoms with van der Waals surface area (Å²) < 4.78 is 11.7. The molecule has 0 aliphatic carbocycles. The van der Waals surface area contributed by atoms with Crippen LogP contribution in [0.1, 0.15) is 65.4 Å². The van der Waals surface area contributed by atoms with Crippen molar-refractivity contribution in [3.05, 3.63) is 86.7 Å². The van der Waals surface area contributed by atoms with Crippen molar-refractivity contribution in [2.75, 3.05) is 32.8 Å². The number of nitrogens with one attached hydrogen (secondary N) is 1. The van der Waals surface area contributed by atoms with E-state index in [-0.39, 0.29) is 47.8 Å². The Hall–Kier alpha value is -4.42. The molecule has 0 amide bonds. The summed E-state index contributed by atoms with van der Waals surface area (Å²) in [6.07, 6.45) is 1.69. The zero-order valence-corrected chi connectivity index (χ0v) is 27.0. The summed E-state index contributed by atoms with van der Waals surface area (Å²) in [5.74, 6) is -1.71. The Morgan fingerprint density at radius 3 is 2.20 bits per heavy atom. The van der Waals surface area contributed by atoms with E-state index in [9.17, 15) is 35.0 Å². The summed E-state index contributed by atoms with van der Waals surface area (Å²) in [6, 6.07) is 13.2. The van der Waals surface area contributed by atoms with E-state index >= 15 is 0 Å². The fourth-order valence-electron chi connectivity index (χ4n) is 6.19. The van der Waals surface area contributed by atoms with Crippen molar-refractivity contribution >= 4 is 17.6 Å². The van der Waals surface area contributed by atoms with Crippen molar-refractivity contribution < 1.29 is 39.3 Å². The molecule has 0 saturated carbocycles. The van der Waals surface area contributed by atoms with Gasteiger partial charge >= 0.3 is 11.9 Å². The average Bonchev–Trinajstić information content (AvgIpc) is 3.01. The summed E-state index contributed by atoms with van der Waals surface area (Å²) in [5.41, 5.74) is -1.32. The van der Waals surface area contributed by atoms with Crippen molar-refractivity contribution in [3.8, 4) is 11.5 Å². The molecule has 250 valence electrons. The minimum Gasteiger partial charge on any atom is -0.493 e. The van der Waals surface area contributed by atoms with Gasteiger partial charge in [0.25, 0.3) is 5.69 Å². The van der Waals surface area contributed by atoms with E-state index in [4.69, 9.17) is 9.47 Å². The highest BCUT2D eigenvalue weighted by atomic mass is 16.6.